The molecule has 1 aromatic rings. The average Bonchev–Trinajstić information content (AvgIpc) is 2.30. The summed E-state index contributed by atoms with van der Waals surface area (Å²) in [5, 5.41) is 0. The zero-order valence-corrected chi connectivity index (χ0v) is 10.6. The fourth-order valence-electron chi connectivity index (χ4n) is 1.62. The molecule has 16 heavy (non-hydrogen) atoms. The Bertz CT molecular complexity index is 315. The molecule has 0 atom stereocenters. The zero-order chi connectivity index (χ0) is 11.8. The number of rotatable bonds is 5. The van der Waals surface area contributed by atoms with Gasteiger partial charge in [-0.2, -0.15) is 0 Å². The Morgan fingerprint density at radius 3 is 2.38 bits per heavy atom. The first-order valence-electron chi connectivity index (χ1n) is 6.03. The zero-order valence-electron chi connectivity index (χ0n) is 10.6. The largest absolute Gasteiger partial charge is 0.363 e. The second-order valence-electron chi connectivity index (χ2n) is 4.17. The van der Waals surface area contributed by atoms with Crippen molar-refractivity contribution in [3.63, 3.8) is 0 Å². The van der Waals surface area contributed by atoms with Crippen LogP contribution in [-0.4, -0.2) is 31.4 Å². The maximum Gasteiger partial charge on any atom is 0.130 e. The minimum atomic E-state index is 0.927. The van der Waals surface area contributed by atoms with Gasteiger partial charge in [0.2, 0.25) is 0 Å². The van der Waals surface area contributed by atoms with E-state index in [4.69, 9.17) is 0 Å². The van der Waals surface area contributed by atoms with Crippen molar-refractivity contribution in [2.75, 3.05) is 20.6 Å². The van der Waals surface area contributed by atoms with Crippen LogP contribution in [0.3, 0.4) is 0 Å². The predicted octanol–water partition coefficient (Wildman–Crippen LogP) is 3.19. The first kappa shape index (κ1) is 12.8. The van der Waals surface area contributed by atoms with E-state index in [0.29, 0.717) is 0 Å². The Kier molecular flexibility index (Phi) is 5.62. The molecule has 0 aliphatic heterocycles. The van der Waals surface area contributed by atoms with E-state index in [1.54, 1.807) is 0 Å². The Morgan fingerprint density at radius 2 is 1.81 bits per heavy atom. The van der Waals surface area contributed by atoms with Gasteiger partial charge in [-0.1, -0.05) is 50.1 Å². The lowest BCUT2D eigenvalue weighted by atomic mass is 10.2. The van der Waals surface area contributed by atoms with Crippen LogP contribution < -0.4 is 0 Å². The molecule has 0 spiro atoms. The van der Waals surface area contributed by atoms with E-state index in [2.05, 4.69) is 41.1 Å². The molecule has 0 bridgehead atoms. The van der Waals surface area contributed by atoms with E-state index < -0.39 is 0 Å². The number of amidine groups is 1. The molecule has 0 fully saturated rings. The second kappa shape index (κ2) is 7.04. The van der Waals surface area contributed by atoms with Gasteiger partial charge < -0.3 is 4.90 Å². The van der Waals surface area contributed by atoms with Crippen molar-refractivity contribution >= 4 is 5.84 Å². The van der Waals surface area contributed by atoms with Crippen molar-refractivity contribution in [3.8, 4) is 0 Å². The van der Waals surface area contributed by atoms with Crippen LogP contribution in [0, 0.1) is 0 Å². The van der Waals surface area contributed by atoms with Gasteiger partial charge in [0, 0.05) is 26.2 Å². The Hall–Kier alpha value is -1.31. The molecule has 2 nitrogen and oxygen atoms in total. The molecule has 88 valence electrons. The molecule has 0 N–H and O–H groups in total. The molecule has 0 amide bonds. The van der Waals surface area contributed by atoms with Crippen molar-refractivity contribution in [2.45, 2.75) is 26.2 Å². The molecular formula is C14H22N2. The molecule has 1 aromatic carbocycles. The minimum Gasteiger partial charge on any atom is -0.363 e. The van der Waals surface area contributed by atoms with Crippen LogP contribution in [0.1, 0.15) is 31.7 Å². The van der Waals surface area contributed by atoms with Gasteiger partial charge in [0.15, 0.2) is 0 Å². The van der Waals surface area contributed by atoms with Crippen LogP contribution in [0.4, 0.5) is 0 Å². The Labute approximate surface area is 99.0 Å². The topological polar surface area (TPSA) is 15.6 Å². The van der Waals surface area contributed by atoms with Crippen LogP contribution in [0.5, 0.6) is 0 Å². The van der Waals surface area contributed by atoms with Crippen LogP contribution in [0.25, 0.3) is 0 Å². The predicted molar refractivity (Wildman–Crippen MR) is 71.1 cm³/mol. The van der Waals surface area contributed by atoms with E-state index in [-0.39, 0.29) is 0 Å². The van der Waals surface area contributed by atoms with Crippen molar-refractivity contribution in [3.05, 3.63) is 35.9 Å². The summed E-state index contributed by atoms with van der Waals surface area (Å²) >= 11 is 0. The summed E-state index contributed by atoms with van der Waals surface area (Å²) in [5.74, 6) is 1.08. The second-order valence-corrected chi connectivity index (χ2v) is 4.17. The third kappa shape index (κ3) is 4.05. The molecule has 0 unspecified atom stereocenters. The van der Waals surface area contributed by atoms with Gasteiger partial charge in [-0.25, -0.2) is 0 Å². The fraction of sp³-hybridized carbons (Fsp3) is 0.500. The maximum atomic E-state index is 4.67. The van der Waals surface area contributed by atoms with E-state index >= 15 is 0 Å². The summed E-state index contributed by atoms with van der Waals surface area (Å²) in [6.07, 6.45) is 3.69. The molecule has 0 aliphatic rings. The minimum absolute atomic E-state index is 0.927. The van der Waals surface area contributed by atoms with Gasteiger partial charge in [0.25, 0.3) is 0 Å². The summed E-state index contributed by atoms with van der Waals surface area (Å²) in [6.45, 7) is 3.14. The first-order chi connectivity index (χ1) is 7.75. The number of aliphatic imine (C=N–C) groups is 1. The van der Waals surface area contributed by atoms with Gasteiger partial charge in [0.1, 0.15) is 5.84 Å². The monoisotopic (exact) mass is 218 g/mol. The lowest BCUT2D eigenvalue weighted by Crippen LogP contribution is -2.23. The van der Waals surface area contributed by atoms with Crippen LogP contribution in [0.15, 0.2) is 35.3 Å². The summed E-state index contributed by atoms with van der Waals surface area (Å²) < 4.78 is 0. The lowest BCUT2D eigenvalue weighted by molar-refractivity contribution is 0.614. The third-order valence-corrected chi connectivity index (χ3v) is 2.48. The summed E-state index contributed by atoms with van der Waals surface area (Å²) in [4.78, 5) is 6.76. The third-order valence-electron chi connectivity index (χ3n) is 2.48. The SMILES string of the molecule is CCCCCN=C(c1ccccc1)N(C)C. The Morgan fingerprint density at radius 1 is 1.12 bits per heavy atom. The van der Waals surface area contributed by atoms with Crippen molar-refractivity contribution in [1.82, 2.24) is 4.90 Å². The highest BCUT2D eigenvalue weighted by Crippen LogP contribution is 2.04. The highest BCUT2D eigenvalue weighted by atomic mass is 15.1. The molecule has 0 aromatic heterocycles. The molecule has 2 heteroatoms. The summed E-state index contributed by atoms with van der Waals surface area (Å²) in [5.41, 5.74) is 1.20. The number of unbranched alkanes of at least 4 members (excludes halogenated alkanes) is 2. The number of nitrogens with zero attached hydrogens (tertiary/aromatic N) is 2. The molecule has 0 saturated heterocycles. The fourth-order valence-corrected chi connectivity index (χ4v) is 1.62. The van der Waals surface area contributed by atoms with Gasteiger partial charge in [-0.05, 0) is 6.42 Å². The number of hydrogen-bond acceptors (Lipinski definition) is 1. The van der Waals surface area contributed by atoms with E-state index in [1.807, 2.05) is 20.2 Å². The average molecular weight is 218 g/mol. The molecule has 0 saturated carbocycles. The number of benzene rings is 1. The van der Waals surface area contributed by atoms with E-state index in [9.17, 15) is 0 Å². The smallest absolute Gasteiger partial charge is 0.130 e. The van der Waals surface area contributed by atoms with E-state index in [0.717, 1.165) is 12.4 Å². The first-order valence-corrected chi connectivity index (χ1v) is 6.03. The molecule has 0 aliphatic carbocycles. The maximum absolute atomic E-state index is 4.67. The van der Waals surface area contributed by atoms with Gasteiger partial charge in [-0.3, -0.25) is 4.99 Å². The normalized spacial score (nSPS) is 11.6. The van der Waals surface area contributed by atoms with Crippen molar-refractivity contribution in [1.29, 1.82) is 0 Å². The molecule has 0 radical (unpaired) electrons. The molecular weight excluding hydrogens is 196 g/mol. The van der Waals surface area contributed by atoms with Crippen molar-refractivity contribution < 1.29 is 0 Å². The summed E-state index contributed by atoms with van der Waals surface area (Å²) in [7, 11) is 4.09. The Balaban J connectivity index is 2.68. The van der Waals surface area contributed by atoms with Gasteiger partial charge in [-0.15, -0.1) is 0 Å². The molecule has 1 rings (SSSR count). The van der Waals surface area contributed by atoms with Gasteiger partial charge in [0.05, 0.1) is 0 Å². The highest BCUT2D eigenvalue weighted by molar-refractivity contribution is 5.98. The summed E-state index contributed by atoms with van der Waals surface area (Å²) in [6, 6.07) is 10.4. The highest BCUT2D eigenvalue weighted by Gasteiger charge is 2.03. The number of hydrogen-bond donors (Lipinski definition) is 0. The van der Waals surface area contributed by atoms with Crippen LogP contribution >= 0.6 is 0 Å². The van der Waals surface area contributed by atoms with Crippen LogP contribution in [0.2, 0.25) is 0 Å². The van der Waals surface area contributed by atoms with E-state index in [1.165, 1.54) is 24.8 Å². The lowest BCUT2D eigenvalue weighted by Gasteiger charge is -2.16. The standard InChI is InChI=1S/C14H22N2/c1-4-5-9-12-15-14(16(2)3)13-10-7-6-8-11-13/h6-8,10-11H,4-5,9,12H2,1-3H3. The molecule has 0 heterocycles. The quantitative estimate of drug-likeness (QED) is 0.421. The van der Waals surface area contributed by atoms with Crippen molar-refractivity contribution in [2.24, 2.45) is 4.99 Å². The van der Waals surface area contributed by atoms with Gasteiger partial charge >= 0.3 is 0 Å². The van der Waals surface area contributed by atoms with Crippen LogP contribution in [-0.2, 0) is 0 Å².